The largest absolute Gasteiger partial charge is 0.476 e. The molecule has 29 heavy (non-hydrogen) atoms. The molecule has 3 aromatic rings. The maximum absolute atomic E-state index is 12.7. The number of primary sulfonamides is 1. The lowest BCUT2D eigenvalue weighted by molar-refractivity contribution is -0.119. The lowest BCUT2D eigenvalue weighted by Crippen LogP contribution is -2.34. The Morgan fingerprint density at radius 2 is 1.69 bits per heavy atom. The summed E-state index contributed by atoms with van der Waals surface area (Å²) in [5, 5.41) is 21.1. The van der Waals surface area contributed by atoms with Crippen molar-refractivity contribution < 1.29 is 23.1 Å². The number of carbonyl (C=O) groups excluding carboxylic acids is 1. The highest BCUT2D eigenvalue weighted by Gasteiger charge is 2.22. The number of nitrogens with two attached hydrogens (primary N) is 1. The number of sulfonamides is 1. The molecule has 1 amide bonds. The summed E-state index contributed by atoms with van der Waals surface area (Å²) in [6, 6.07) is 10.1. The maximum atomic E-state index is 12.7. The second-order valence-corrected chi connectivity index (χ2v) is 7.75. The van der Waals surface area contributed by atoms with E-state index in [1.165, 1.54) is 43.3 Å². The van der Waals surface area contributed by atoms with E-state index in [1.54, 1.807) is 12.1 Å². The molecule has 0 radical (unpaired) electrons. The number of aromatic nitrogens is 2. The van der Waals surface area contributed by atoms with Crippen LogP contribution in [0.25, 0.3) is 10.8 Å². The topological polar surface area (TPSA) is 161 Å². The molecule has 0 aliphatic heterocycles. The number of amides is 1. The van der Waals surface area contributed by atoms with E-state index in [0.29, 0.717) is 0 Å². The first-order valence-corrected chi connectivity index (χ1v) is 9.83. The summed E-state index contributed by atoms with van der Waals surface area (Å²) < 4.78 is 23.4. The SMILES string of the molecule is C[C@H](C(=O)Nc1ccc(S(N)(=O)=O)cc1)n1nc(C(=O)O)c2ccccc2c1=O. The Morgan fingerprint density at radius 1 is 1.10 bits per heavy atom. The number of hydrogen-bond donors (Lipinski definition) is 3. The molecule has 0 unspecified atom stereocenters. The van der Waals surface area contributed by atoms with E-state index in [9.17, 15) is 27.9 Å². The van der Waals surface area contributed by atoms with Gasteiger partial charge in [-0.3, -0.25) is 9.59 Å². The van der Waals surface area contributed by atoms with Crippen molar-refractivity contribution in [2.45, 2.75) is 17.9 Å². The van der Waals surface area contributed by atoms with Gasteiger partial charge < -0.3 is 10.4 Å². The number of anilines is 1. The average molecular weight is 416 g/mol. The summed E-state index contributed by atoms with van der Waals surface area (Å²) >= 11 is 0. The van der Waals surface area contributed by atoms with Crippen LogP contribution in [-0.2, 0) is 14.8 Å². The molecule has 10 nitrogen and oxygen atoms in total. The van der Waals surface area contributed by atoms with Crippen LogP contribution < -0.4 is 16.0 Å². The third-order valence-corrected chi connectivity index (χ3v) is 5.16. The zero-order valence-corrected chi connectivity index (χ0v) is 15.9. The van der Waals surface area contributed by atoms with Gasteiger partial charge in [0.2, 0.25) is 15.9 Å². The van der Waals surface area contributed by atoms with Gasteiger partial charge in [0.25, 0.3) is 5.56 Å². The zero-order chi connectivity index (χ0) is 21.3. The fourth-order valence-corrected chi connectivity index (χ4v) is 3.23. The van der Waals surface area contributed by atoms with Crippen LogP contribution in [0.1, 0.15) is 23.5 Å². The van der Waals surface area contributed by atoms with Crippen LogP contribution in [0.3, 0.4) is 0 Å². The summed E-state index contributed by atoms with van der Waals surface area (Å²) in [6.45, 7) is 1.39. The highest BCUT2D eigenvalue weighted by molar-refractivity contribution is 7.89. The number of hydrogen-bond acceptors (Lipinski definition) is 6. The lowest BCUT2D eigenvalue weighted by Gasteiger charge is -2.16. The van der Waals surface area contributed by atoms with Crippen molar-refractivity contribution in [3.05, 3.63) is 64.6 Å². The molecule has 4 N–H and O–H groups in total. The molecule has 0 aliphatic carbocycles. The van der Waals surface area contributed by atoms with Gasteiger partial charge >= 0.3 is 5.97 Å². The predicted molar refractivity (Wildman–Crippen MR) is 104 cm³/mol. The molecule has 0 spiro atoms. The molecule has 0 saturated heterocycles. The van der Waals surface area contributed by atoms with Crippen molar-refractivity contribution in [1.29, 1.82) is 0 Å². The zero-order valence-electron chi connectivity index (χ0n) is 15.1. The van der Waals surface area contributed by atoms with Crippen molar-refractivity contribution in [2.75, 3.05) is 5.32 Å². The minimum Gasteiger partial charge on any atom is -0.476 e. The molecule has 0 saturated carbocycles. The van der Waals surface area contributed by atoms with Crippen LogP contribution in [0.4, 0.5) is 5.69 Å². The quantitative estimate of drug-likeness (QED) is 0.557. The molecule has 0 fully saturated rings. The van der Waals surface area contributed by atoms with E-state index in [-0.39, 0.29) is 27.0 Å². The first kappa shape index (κ1) is 20.2. The van der Waals surface area contributed by atoms with E-state index in [4.69, 9.17) is 5.14 Å². The molecule has 11 heteroatoms. The Balaban J connectivity index is 1.96. The second kappa shape index (κ2) is 7.45. The van der Waals surface area contributed by atoms with Gasteiger partial charge in [-0.1, -0.05) is 18.2 Å². The van der Waals surface area contributed by atoms with Gasteiger partial charge in [0, 0.05) is 11.1 Å². The first-order valence-electron chi connectivity index (χ1n) is 8.28. The van der Waals surface area contributed by atoms with E-state index < -0.39 is 33.5 Å². The van der Waals surface area contributed by atoms with E-state index in [1.807, 2.05) is 0 Å². The van der Waals surface area contributed by atoms with Crippen molar-refractivity contribution in [3.8, 4) is 0 Å². The molecule has 1 heterocycles. The fourth-order valence-electron chi connectivity index (χ4n) is 2.71. The number of carboxylic acid groups (broad SMARTS) is 1. The average Bonchev–Trinajstić information content (AvgIpc) is 2.67. The maximum Gasteiger partial charge on any atom is 0.357 e. The van der Waals surface area contributed by atoms with Gasteiger partial charge in [-0.2, -0.15) is 5.10 Å². The predicted octanol–water partition coefficient (Wildman–Crippen LogP) is 0.942. The molecule has 0 bridgehead atoms. The van der Waals surface area contributed by atoms with Crippen LogP contribution in [0.2, 0.25) is 0 Å². The van der Waals surface area contributed by atoms with Crippen molar-refractivity contribution in [3.63, 3.8) is 0 Å². The fraction of sp³-hybridized carbons (Fsp3) is 0.111. The van der Waals surface area contributed by atoms with Crippen LogP contribution >= 0.6 is 0 Å². The van der Waals surface area contributed by atoms with Gasteiger partial charge in [-0.25, -0.2) is 23.0 Å². The third-order valence-electron chi connectivity index (χ3n) is 4.23. The molecular formula is C18H16N4O6S. The van der Waals surface area contributed by atoms with Crippen molar-refractivity contribution in [1.82, 2.24) is 9.78 Å². The van der Waals surface area contributed by atoms with Crippen molar-refractivity contribution >= 4 is 38.4 Å². The number of fused-ring (bicyclic) bond motifs is 1. The van der Waals surface area contributed by atoms with Crippen LogP contribution in [0, 0.1) is 0 Å². The highest BCUT2D eigenvalue weighted by Crippen LogP contribution is 2.17. The Hall–Kier alpha value is -3.57. The van der Waals surface area contributed by atoms with Gasteiger partial charge in [0.05, 0.1) is 10.3 Å². The number of rotatable bonds is 5. The summed E-state index contributed by atoms with van der Waals surface area (Å²) in [5.74, 6) is -1.98. The Morgan fingerprint density at radius 3 is 2.24 bits per heavy atom. The van der Waals surface area contributed by atoms with Crippen LogP contribution in [0.15, 0.2) is 58.2 Å². The molecule has 1 aromatic heterocycles. The minimum atomic E-state index is -3.87. The van der Waals surface area contributed by atoms with Gasteiger partial charge in [-0.15, -0.1) is 0 Å². The Labute approximate surface area is 164 Å². The smallest absolute Gasteiger partial charge is 0.357 e. The highest BCUT2D eigenvalue weighted by atomic mass is 32.2. The Kier molecular flexibility index (Phi) is 5.18. The number of aromatic carboxylic acids is 1. The lowest BCUT2D eigenvalue weighted by atomic mass is 10.1. The molecule has 3 rings (SSSR count). The first-order chi connectivity index (χ1) is 13.6. The van der Waals surface area contributed by atoms with Crippen molar-refractivity contribution in [2.24, 2.45) is 5.14 Å². The molecular weight excluding hydrogens is 400 g/mol. The van der Waals surface area contributed by atoms with Gasteiger partial charge in [0.1, 0.15) is 6.04 Å². The number of nitrogens with one attached hydrogen (secondary N) is 1. The third kappa shape index (κ3) is 4.00. The normalized spacial score (nSPS) is 12.5. The van der Waals surface area contributed by atoms with E-state index in [2.05, 4.69) is 10.4 Å². The number of carbonyl (C=O) groups is 2. The molecule has 150 valence electrons. The molecule has 0 aliphatic rings. The molecule has 2 aromatic carbocycles. The number of nitrogens with zero attached hydrogens (tertiary/aromatic N) is 2. The second-order valence-electron chi connectivity index (χ2n) is 6.18. The standard InChI is InChI=1S/C18H16N4O6S/c1-10(16(23)20-11-6-8-12(9-7-11)29(19,27)28)22-17(24)14-5-3-2-4-13(14)15(21-22)18(25)26/h2-10H,1H3,(H,20,23)(H,25,26)(H2,19,27,28)/t10-/m1/s1. The van der Waals surface area contributed by atoms with Crippen LogP contribution in [-0.4, -0.2) is 35.2 Å². The summed E-state index contributed by atoms with van der Waals surface area (Å²) in [5.41, 5.74) is -0.697. The minimum absolute atomic E-state index is 0.122. The summed E-state index contributed by atoms with van der Waals surface area (Å²) in [4.78, 5) is 36.7. The van der Waals surface area contributed by atoms with Gasteiger partial charge in [-0.05, 0) is 37.3 Å². The number of carboxylic acids is 1. The van der Waals surface area contributed by atoms with Crippen LogP contribution in [0.5, 0.6) is 0 Å². The number of benzene rings is 2. The van der Waals surface area contributed by atoms with Gasteiger partial charge in [0.15, 0.2) is 5.69 Å². The summed E-state index contributed by atoms with van der Waals surface area (Å²) in [6.07, 6.45) is 0. The molecule has 1 atom stereocenters. The summed E-state index contributed by atoms with van der Waals surface area (Å²) in [7, 11) is -3.87. The van der Waals surface area contributed by atoms with E-state index >= 15 is 0 Å². The Bertz CT molecular complexity index is 1280. The van der Waals surface area contributed by atoms with E-state index in [0.717, 1.165) is 4.68 Å². The monoisotopic (exact) mass is 416 g/mol.